The fraction of sp³-hybridized carbons (Fsp3) is 0.150. The Balaban J connectivity index is 2.03. The number of aryl methyl sites for hydroxylation is 1. The fourth-order valence-electron chi connectivity index (χ4n) is 2.29. The van der Waals surface area contributed by atoms with Gasteiger partial charge >= 0.3 is 5.97 Å². The largest absolute Gasteiger partial charge is 0.495 e. The van der Waals surface area contributed by atoms with E-state index < -0.39 is 11.9 Å². The minimum Gasteiger partial charge on any atom is -0.495 e. The Morgan fingerprint density at radius 2 is 1.93 bits per heavy atom. The van der Waals surface area contributed by atoms with E-state index in [0.717, 1.165) is 11.1 Å². The van der Waals surface area contributed by atoms with Crippen LogP contribution in [-0.4, -0.2) is 24.1 Å². The van der Waals surface area contributed by atoms with E-state index in [2.05, 4.69) is 10.6 Å². The first-order valence-corrected chi connectivity index (χ1v) is 8.06. The van der Waals surface area contributed by atoms with Crippen molar-refractivity contribution in [3.8, 4) is 11.8 Å². The van der Waals surface area contributed by atoms with Gasteiger partial charge in [-0.3, -0.25) is 4.79 Å². The zero-order valence-electron chi connectivity index (χ0n) is 14.9. The second-order valence-electron chi connectivity index (χ2n) is 5.71. The minimum atomic E-state index is -0.996. The molecule has 2 aromatic rings. The topological polar surface area (TPSA) is 111 Å². The minimum absolute atomic E-state index is 0.0966. The van der Waals surface area contributed by atoms with Gasteiger partial charge in [0.15, 0.2) is 0 Å². The molecule has 0 radical (unpaired) electrons. The average Bonchev–Trinajstić information content (AvgIpc) is 2.65. The zero-order chi connectivity index (χ0) is 19.8. The molecule has 0 aliphatic rings. The van der Waals surface area contributed by atoms with E-state index in [4.69, 9.17) is 9.84 Å². The second kappa shape index (κ2) is 9.06. The summed E-state index contributed by atoms with van der Waals surface area (Å²) < 4.78 is 5.21. The Labute approximate surface area is 156 Å². The van der Waals surface area contributed by atoms with Crippen molar-refractivity contribution in [2.24, 2.45) is 0 Å². The molecule has 0 fully saturated rings. The van der Waals surface area contributed by atoms with Gasteiger partial charge in [-0.15, -0.1) is 0 Å². The number of hydrogen-bond donors (Lipinski definition) is 3. The highest BCUT2D eigenvalue weighted by atomic mass is 16.5. The number of aromatic carboxylic acids is 1. The number of carboxylic acid groups (broad SMARTS) is 1. The SMILES string of the molecule is COc1ccc(C)cc1NC(=O)/C(C#N)=C\NCc1ccc(C(=O)O)cc1. The van der Waals surface area contributed by atoms with E-state index >= 15 is 0 Å². The first-order valence-electron chi connectivity index (χ1n) is 8.06. The molecule has 1 amide bonds. The van der Waals surface area contributed by atoms with Crippen molar-refractivity contribution < 1.29 is 19.4 Å². The molecule has 0 bridgehead atoms. The van der Waals surface area contributed by atoms with Crippen LogP contribution in [0.15, 0.2) is 54.2 Å². The molecule has 0 saturated carbocycles. The van der Waals surface area contributed by atoms with E-state index in [1.54, 1.807) is 24.3 Å². The van der Waals surface area contributed by atoms with Crippen molar-refractivity contribution in [3.05, 3.63) is 70.9 Å². The summed E-state index contributed by atoms with van der Waals surface area (Å²) in [6.07, 6.45) is 1.32. The van der Waals surface area contributed by atoms with Crippen molar-refractivity contribution in [1.82, 2.24) is 5.32 Å². The van der Waals surface area contributed by atoms with E-state index in [1.165, 1.54) is 25.4 Å². The zero-order valence-corrected chi connectivity index (χ0v) is 14.9. The lowest BCUT2D eigenvalue weighted by Crippen LogP contribution is -2.17. The van der Waals surface area contributed by atoms with E-state index in [1.807, 2.05) is 19.1 Å². The molecule has 0 saturated heterocycles. The highest BCUT2D eigenvalue weighted by molar-refractivity contribution is 6.07. The smallest absolute Gasteiger partial charge is 0.335 e. The van der Waals surface area contributed by atoms with Crippen molar-refractivity contribution >= 4 is 17.6 Å². The maximum absolute atomic E-state index is 12.3. The quantitative estimate of drug-likeness (QED) is 0.514. The highest BCUT2D eigenvalue weighted by Gasteiger charge is 2.12. The van der Waals surface area contributed by atoms with Crippen LogP contribution in [-0.2, 0) is 11.3 Å². The van der Waals surface area contributed by atoms with Crippen LogP contribution >= 0.6 is 0 Å². The number of ether oxygens (including phenoxy) is 1. The van der Waals surface area contributed by atoms with Gasteiger partial charge in [0.25, 0.3) is 5.91 Å². The van der Waals surface area contributed by atoms with Gasteiger partial charge in [0.2, 0.25) is 0 Å². The highest BCUT2D eigenvalue weighted by Crippen LogP contribution is 2.25. The molecule has 2 aromatic carbocycles. The summed E-state index contributed by atoms with van der Waals surface area (Å²) in [4.78, 5) is 23.2. The van der Waals surface area contributed by atoms with Gasteiger partial charge in [-0.2, -0.15) is 5.26 Å². The molecule has 0 unspecified atom stereocenters. The van der Waals surface area contributed by atoms with Crippen LogP contribution in [0.4, 0.5) is 5.69 Å². The normalized spacial score (nSPS) is 10.6. The Kier molecular flexibility index (Phi) is 6.55. The molecular formula is C20H19N3O4. The number of anilines is 1. The monoisotopic (exact) mass is 365 g/mol. The van der Waals surface area contributed by atoms with Crippen LogP contribution in [0.25, 0.3) is 0 Å². The number of carbonyl (C=O) groups excluding carboxylic acids is 1. The van der Waals surface area contributed by atoms with Crippen molar-refractivity contribution in [2.75, 3.05) is 12.4 Å². The lowest BCUT2D eigenvalue weighted by atomic mass is 10.1. The van der Waals surface area contributed by atoms with Crippen LogP contribution < -0.4 is 15.4 Å². The molecule has 7 nitrogen and oxygen atoms in total. The first kappa shape index (κ1) is 19.5. The van der Waals surface area contributed by atoms with E-state index in [0.29, 0.717) is 18.0 Å². The van der Waals surface area contributed by atoms with Gasteiger partial charge in [-0.05, 0) is 42.3 Å². The van der Waals surface area contributed by atoms with Gasteiger partial charge in [-0.25, -0.2) is 4.79 Å². The molecule has 0 heterocycles. The van der Waals surface area contributed by atoms with Gasteiger partial charge in [0, 0.05) is 12.7 Å². The molecule has 7 heteroatoms. The average molecular weight is 365 g/mol. The molecule has 3 N–H and O–H groups in total. The third kappa shape index (κ3) is 5.34. The Morgan fingerprint density at radius 3 is 2.52 bits per heavy atom. The Bertz CT molecular complexity index is 912. The van der Waals surface area contributed by atoms with Crippen LogP contribution in [0.3, 0.4) is 0 Å². The maximum Gasteiger partial charge on any atom is 0.335 e. The molecule has 0 aromatic heterocycles. The molecule has 138 valence electrons. The standard InChI is InChI=1S/C20H19N3O4/c1-13-3-8-18(27-2)17(9-13)23-19(24)16(10-21)12-22-11-14-4-6-15(7-5-14)20(25)26/h3-9,12,22H,11H2,1-2H3,(H,23,24)(H,25,26)/b16-12-. The van der Waals surface area contributed by atoms with Crippen LogP contribution in [0.1, 0.15) is 21.5 Å². The number of nitrogens with one attached hydrogen (secondary N) is 2. The maximum atomic E-state index is 12.3. The second-order valence-corrected chi connectivity index (χ2v) is 5.71. The number of nitrogens with zero attached hydrogens (tertiary/aromatic N) is 1. The number of hydrogen-bond acceptors (Lipinski definition) is 5. The van der Waals surface area contributed by atoms with Crippen LogP contribution in [0.5, 0.6) is 5.75 Å². The predicted octanol–water partition coefficient (Wildman–Crippen LogP) is 2.84. The summed E-state index contributed by atoms with van der Waals surface area (Å²) in [6, 6.07) is 13.5. The number of carbonyl (C=O) groups is 2. The Morgan fingerprint density at radius 1 is 1.22 bits per heavy atom. The molecule has 0 aliphatic carbocycles. The summed E-state index contributed by atoms with van der Waals surface area (Å²) in [7, 11) is 1.50. The number of carboxylic acids is 1. The van der Waals surface area contributed by atoms with Gasteiger partial charge in [-0.1, -0.05) is 18.2 Å². The van der Waals surface area contributed by atoms with Crippen LogP contribution in [0.2, 0.25) is 0 Å². The number of rotatable bonds is 7. The lowest BCUT2D eigenvalue weighted by Gasteiger charge is -2.10. The van der Waals surface area contributed by atoms with E-state index in [9.17, 15) is 14.9 Å². The molecule has 0 aliphatic heterocycles. The fourth-order valence-corrected chi connectivity index (χ4v) is 2.29. The third-order valence-electron chi connectivity index (χ3n) is 3.72. The van der Waals surface area contributed by atoms with Gasteiger partial charge in [0.05, 0.1) is 18.4 Å². The number of methoxy groups -OCH3 is 1. The summed E-state index contributed by atoms with van der Waals surface area (Å²) in [6.45, 7) is 2.22. The predicted molar refractivity (Wildman–Crippen MR) is 100 cm³/mol. The van der Waals surface area contributed by atoms with Gasteiger partial charge in [0.1, 0.15) is 17.4 Å². The molecule has 0 atom stereocenters. The number of benzene rings is 2. The molecule has 2 rings (SSSR count). The third-order valence-corrected chi connectivity index (χ3v) is 3.72. The Hall–Kier alpha value is -3.79. The van der Waals surface area contributed by atoms with Crippen molar-refractivity contribution in [1.29, 1.82) is 5.26 Å². The van der Waals surface area contributed by atoms with Gasteiger partial charge < -0.3 is 20.5 Å². The van der Waals surface area contributed by atoms with Crippen LogP contribution in [0, 0.1) is 18.3 Å². The number of amides is 1. The molecular weight excluding hydrogens is 346 g/mol. The summed E-state index contributed by atoms with van der Waals surface area (Å²) in [5.74, 6) is -1.06. The summed E-state index contributed by atoms with van der Waals surface area (Å²) in [5, 5.41) is 23.7. The van der Waals surface area contributed by atoms with Crippen molar-refractivity contribution in [3.63, 3.8) is 0 Å². The first-order chi connectivity index (χ1) is 12.9. The van der Waals surface area contributed by atoms with E-state index in [-0.39, 0.29) is 11.1 Å². The lowest BCUT2D eigenvalue weighted by molar-refractivity contribution is -0.112. The van der Waals surface area contributed by atoms with Crippen molar-refractivity contribution in [2.45, 2.75) is 13.5 Å². The molecule has 0 spiro atoms. The summed E-state index contributed by atoms with van der Waals surface area (Å²) >= 11 is 0. The number of nitriles is 1. The molecule has 27 heavy (non-hydrogen) atoms. The summed E-state index contributed by atoms with van der Waals surface area (Å²) in [5.41, 5.74) is 2.33.